The van der Waals surface area contributed by atoms with Gasteiger partial charge in [-0.15, -0.1) is 11.8 Å². The topological polar surface area (TPSA) is 75.6 Å². The molecule has 0 aliphatic heterocycles. The number of carbonyl (C=O) groups excluding carboxylic acids is 1. The van der Waals surface area contributed by atoms with Crippen LogP contribution in [0.5, 0.6) is 0 Å². The summed E-state index contributed by atoms with van der Waals surface area (Å²) < 4.78 is 3.68. The van der Waals surface area contributed by atoms with Gasteiger partial charge < -0.3 is 15.2 Å². The Bertz CT molecular complexity index is 1030. The van der Waals surface area contributed by atoms with Crippen molar-refractivity contribution in [2.24, 2.45) is 0 Å². The van der Waals surface area contributed by atoms with E-state index in [9.17, 15) is 14.7 Å². The zero-order valence-electron chi connectivity index (χ0n) is 20.8. The van der Waals surface area contributed by atoms with Crippen LogP contribution in [0.25, 0.3) is 0 Å². The van der Waals surface area contributed by atoms with Crippen LogP contribution in [0.1, 0.15) is 51.3 Å². The number of nitrogens with one attached hydrogen (secondary N) is 1. The zero-order chi connectivity index (χ0) is 25.7. The van der Waals surface area contributed by atoms with E-state index in [1.807, 2.05) is 68.4 Å². The molecule has 3 aromatic rings. The van der Waals surface area contributed by atoms with Gasteiger partial charge in [0.15, 0.2) is 0 Å². The summed E-state index contributed by atoms with van der Waals surface area (Å²) >= 11 is 1.50. The molecule has 0 unspecified atom stereocenters. The van der Waals surface area contributed by atoms with Crippen molar-refractivity contribution >= 4 is 23.8 Å². The number of hydrogen-bond acceptors (Lipinski definition) is 4. The number of carboxylic acids is 1. The molecule has 1 amide bonds. The molecule has 0 radical (unpaired) electrons. The molecule has 0 bridgehead atoms. The Labute approximate surface area is 211 Å². The van der Waals surface area contributed by atoms with Crippen molar-refractivity contribution in [2.45, 2.75) is 55.8 Å². The molecule has 0 saturated heterocycles. The maximum absolute atomic E-state index is 12.6. The monoisotopic (exact) mass is 491 g/mol. The fraction of sp³-hybridized carbons (Fsp3) is 0.310. The van der Waals surface area contributed by atoms with Gasteiger partial charge in [0.25, 0.3) is 0 Å². The summed E-state index contributed by atoms with van der Waals surface area (Å²) in [5.41, 5.74) is 2.29. The smallest absolute Gasteiger partial charge is 0.408 e. The first kappa shape index (κ1) is 26.4. The first-order valence-electron chi connectivity index (χ1n) is 11.5. The van der Waals surface area contributed by atoms with Crippen molar-refractivity contribution in [1.82, 2.24) is 5.32 Å². The summed E-state index contributed by atoms with van der Waals surface area (Å²) in [6, 6.07) is 28.9. The minimum atomic E-state index is -1.21. The number of rotatable bonds is 8. The van der Waals surface area contributed by atoms with E-state index < -0.39 is 33.2 Å². The van der Waals surface area contributed by atoms with Gasteiger partial charge >= 0.3 is 12.1 Å². The number of benzene rings is 3. The second kappa shape index (κ2) is 10.6. The molecule has 3 rings (SSSR count). The lowest BCUT2D eigenvalue weighted by molar-refractivity contribution is -0.140. The third-order valence-corrected chi connectivity index (χ3v) is 7.34. The second-order valence-corrected chi connectivity index (χ2v) is 11.8. The van der Waals surface area contributed by atoms with Crippen LogP contribution in [0.3, 0.4) is 0 Å². The second-order valence-electron chi connectivity index (χ2n) is 9.90. The number of amides is 1. The molecule has 0 heterocycles. The quantitative estimate of drug-likeness (QED) is 0.353. The average Bonchev–Trinajstić information content (AvgIpc) is 2.81. The molecule has 0 fully saturated rings. The Hall–Kier alpha value is -3.25. The minimum Gasteiger partial charge on any atom is -0.480 e. The van der Waals surface area contributed by atoms with Crippen molar-refractivity contribution in [3.63, 3.8) is 0 Å². The van der Waals surface area contributed by atoms with E-state index in [4.69, 9.17) is 4.74 Å². The molecule has 5 nitrogen and oxygen atoms in total. The number of aliphatic carboxylic acids is 1. The van der Waals surface area contributed by atoms with Crippen LogP contribution in [-0.4, -0.2) is 33.6 Å². The summed E-state index contributed by atoms with van der Waals surface area (Å²) in [5, 5.41) is 12.8. The van der Waals surface area contributed by atoms with Crippen LogP contribution >= 0.6 is 11.8 Å². The van der Waals surface area contributed by atoms with Crippen LogP contribution in [0, 0.1) is 0 Å². The van der Waals surface area contributed by atoms with E-state index in [1.165, 1.54) is 11.8 Å². The molecule has 3 aromatic carbocycles. The fourth-order valence-electron chi connectivity index (χ4n) is 4.11. The zero-order valence-corrected chi connectivity index (χ0v) is 21.6. The number of ether oxygens (including phenoxy) is 1. The Balaban J connectivity index is 2.17. The summed E-state index contributed by atoms with van der Waals surface area (Å²) in [4.78, 5) is 25.0. The summed E-state index contributed by atoms with van der Waals surface area (Å²) in [6.45, 7) is 8.92. The third-order valence-electron chi connectivity index (χ3n) is 5.56. The first-order valence-corrected chi connectivity index (χ1v) is 12.4. The van der Waals surface area contributed by atoms with Gasteiger partial charge in [0.1, 0.15) is 11.6 Å². The summed E-state index contributed by atoms with van der Waals surface area (Å²) in [5.74, 6) is -1.13. The molecule has 2 N–H and O–H groups in total. The molecule has 0 spiro atoms. The lowest BCUT2D eigenvalue weighted by Gasteiger charge is -2.43. The van der Waals surface area contributed by atoms with Crippen molar-refractivity contribution in [3.05, 3.63) is 108 Å². The molecule has 184 valence electrons. The Morgan fingerprint density at radius 2 is 1.11 bits per heavy atom. The predicted octanol–water partition coefficient (Wildman–Crippen LogP) is 6.47. The van der Waals surface area contributed by atoms with Crippen LogP contribution in [0.4, 0.5) is 4.79 Å². The molecule has 6 heteroatoms. The first-order chi connectivity index (χ1) is 16.5. The highest BCUT2D eigenvalue weighted by molar-refractivity contribution is 8.02. The highest BCUT2D eigenvalue weighted by atomic mass is 32.2. The number of hydrogen-bond donors (Lipinski definition) is 2. The lowest BCUT2D eigenvalue weighted by atomic mass is 9.84. The molecule has 0 aliphatic rings. The van der Waals surface area contributed by atoms with Gasteiger partial charge in [0, 0.05) is 4.75 Å². The molecule has 0 saturated carbocycles. The van der Waals surface area contributed by atoms with Gasteiger partial charge in [-0.3, -0.25) is 0 Å². The largest absolute Gasteiger partial charge is 0.480 e. The van der Waals surface area contributed by atoms with Gasteiger partial charge in [-0.2, -0.15) is 0 Å². The molecule has 0 aliphatic carbocycles. The van der Waals surface area contributed by atoms with E-state index in [1.54, 1.807) is 20.8 Å². The Kier molecular flexibility index (Phi) is 7.96. The predicted molar refractivity (Wildman–Crippen MR) is 142 cm³/mol. The van der Waals surface area contributed by atoms with Gasteiger partial charge in [0.2, 0.25) is 0 Å². The highest BCUT2D eigenvalue weighted by Crippen LogP contribution is 2.54. The number of carboxylic acid groups (broad SMARTS) is 1. The van der Waals surface area contributed by atoms with E-state index >= 15 is 0 Å². The van der Waals surface area contributed by atoms with Crippen LogP contribution < -0.4 is 5.32 Å². The standard InChI is InChI=1S/C29H33NO4S/c1-27(2,3)34-26(33)30-24(25(31)32)28(4,5)35-29(21-15-9-6-10-16-21,22-17-11-7-12-18-22)23-19-13-8-14-20-23/h6-20,24H,1-5H3,(H,30,33)(H,31,32)/t24-/m0/s1. The molecule has 0 aromatic heterocycles. The number of carbonyl (C=O) groups is 2. The van der Waals surface area contributed by atoms with Gasteiger partial charge in [-0.1, -0.05) is 91.0 Å². The van der Waals surface area contributed by atoms with Crippen molar-refractivity contribution in [2.75, 3.05) is 0 Å². The highest BCUT2D eigenvalue weighted by Gasteiger charge is 2.47. The van der Waals surface area contributed by atoms with Gasteiger partial charge in [-0.25, -0.2) is 9.59 Å². The van der Waals surface area contributed by atoms with Crippen LogP contribution in [0.15, 0.2) is 91.0 Å². The van der Waals surface area contributed by atoms with Gasteiger partial charge in [-0.05, 0) is 51.3 Å². The van der Waals surface area contributed by atoms with E-state index in [2.05, 4.69) is 41.7 Å². The maximum atomic E-state index is 12.6. The van der Waals surface area contributed by atoms with Crippen LogP contribution in [0.2, 0.25) is 0 Å². The van der Waals surface area contributed by atoms with E-state index in [0.717, 1.165) is 16.7 Å². The molecule has 1 atom stereocenters. The normalized spacial score (nSPS) is 13.1. The SMILES string of the molecule is CC(C)(C)OC(=O)N[C@@H](C(=O)O)C(C)(C)SC(c1ccccc1)(c1ccccc1)c1ccccc1. The van der Waals surface area contributed by atoms with Crippen molar-refractivity contribution in [3.8, 4) is 0 Å². The van der Waals surface area contributed by atoms with E-state index in [-0.39, 0.29) is 0 Å². The summed E-state index contributed by atoms with van der Waals surface area (Å²) in [6.07, 6.45) is -0.761. The van der Waals surface area contributed by atoms with Gasteiger partial charge in [0.05, 0.1) is 4.75 Å². The average molecular weight is 492 g/mol. The number of alkyl carbamates (subject to hydrolysis) is 1. The minimum absolute atomic E-state index is 0.739. The van der Waals surface area contributed by atoms with Crippen molar-refractivity contribution < 1.29 is 19.4 Å². The fourth-order valence-corrected chi connectivity index (χ4v) is 5.94. The summed E-state index contributed by atoms with van der Waals surface area (Å²) in [7, 11) is 0. The Morgan fingerprint density at radius 3 is 1.43 bits per heavy atom. The maximum Gasteiger partial charge on any atom is 0.408 e. The van der Waals surface area contributed by atoms with Crippen LogP contribution in [-0.2, 0) is 14.3 Å². The molecule has 35 heavy (non-hydrogen) atoms. The third kappa shape index (κ3) is 6.25. The lowest BCUT2D eigenvalue weighted by Crippen LogP contribution is -2.55. The van der Waals surface area contributed by atoms with E-state index in [0.29, 0.717) is 0 Å². The molecular formula is C29H33NO4S. The Morgan fingerprint density at radius 1 is 0.743 bits per heavy atom. The number of thioether (sulfide) groups is 1. The molecular weight excluding hydrogens is 458 g/mol. The van der Waals surface area contributed by atoms with Crippen molar-refractivity contribution in [1.29, 1.82) is 0 Å².